The fraction of sp³-hybridized carbons (Fsp3) is 0.318. The van der Waals surface area contributed by atoms with Gasteiger partial charge < -0.3 is 14.1 Å². The zero-order valence-corrected chi connectivity index (χ0v) is 15.2. The number of ether oxygens (including phenoxy) is 1. The normalized spacial score (nSPS) is 18.2. The molecule has 1 unspecified atom stereocenters. The summed E-state index contributed by atoms with van der Waals surface area (Å²) in [6.07, 6.45) is 2.23. The van der Waals surface area contributed by atoms with Crippen molar-refractivity contribution in [3.63, 3.8) is 0 Å². The number of benzene rings is 2. The van der Waals surface area contributed by atoms with E-state index >= 15 is 0 Å². The van der Waals surface area contributed by atoms with Gasteiger partial charge in [0.25, 0.3) is 0 Å². The minimum Gasteiger partial charge on any atom is -0.490 e. The van der Waals surface area contributed by atoms with Crippen LogP contribution in [-0.2, 0) is 0 Å². The largest absolute Gasteiger partial charge is 0.490 e. The molecule has 1 aromatic heterocycles. The average Bonchev–Trinajstić information content (AvgIpc) is 2.68. The third kappa shape index (κ3) is 2.90. The molecular weight excluding hydrogens is 326 g/mol. The zero-order valence-electron chi connectivity index (χ0n) is 15.2. The minimum atomic E-state index is -0.0866. The number of fused-ring (bicyclic) bond motifs is 1. The van der Waals surface area contributed by atoms with E-state index in [1.165, 1.54) is 7.11 Å². The van der Waals surface area contributed by atoms with Crippen LogP contribution in [0.4, 0.5) is 0 Å². The molecule has 4 rings (SSSR count). The van der Waals surface area contributed by atoms with Crippen LogP contribution in [0, 0.1) is 0 Å². The van der Waals surface area contributed by atoms with Gasteiger partial charge in [-0.05, 0) is 44.0 Å². The molecule has 1 fully saturated rings. The first-order chi connectivity index (χ1) is 12.7. The summed E-state index contributed by atoms with van der Waals surface area (Å²) in [5, 5.41) is 0.657. The van der Waals surface area contributed by atoms with E-state index in [0.717, 1.165) is 37.1 Å². The highest BCUT2D eigenvalue weighted by Crippen LogP contribution is 2.35. The van der Waals surface area contributed by atoms with E-state index < -0.39 is 0 Å². The van der Waals surface area contributed by atoms with Crippen molar-refractivity contribution in [1.82, 2.24) is 4.90 Å². The van der Waals surface area contributed by atoms with Gasteiger partial charge in [-0.1, -0.05) is 42.5 Å². The van der Waals surface area contributed by atoms with Crippen LogP contribution in [0.25, 0.3) is 22.3 Å². The molecule has 0 radical (unpaired) electrons. The van der Waals surface area contributed by atoms with E-state index in [4.69, 9.17) is 9.15 Å². The smallest absolute Gasteiger partial charge is 0.235 e. The zero-order chi connectivity index (χ0) is 18.1. The molecule has 2 aromatic carbocycles. The predicted octanol–water partition coefficient (Wildman–Crippen LogP) is 4.28. The Labute approximate surface area is 153 Å². The molecule has 134 valence electrons. The van der Waals surface area contributed by atoms with Gasteiger partial charge in [0, 0.05) is 12.1 Å². The third-order valence-electron chi connectivity index (χ3n) is 5.21. The quantitative estimate of drug-likeness (QED) is 0.708. The fourth-order valence-electron chi connectivity index (χ4n) is 3.97. The van der Waals surface area contributed by atoms with Gasteiger partial charge in [-0.15, -0.1) is 0 Å². The molecule has 4 heteroatoms. The van der Waals surface area contributed by atoms with Crippen molar-refractivity contribution in [2.45, 2.75) is 18.8 Å². The Morgan fingerprint density at radius 2 is 1.92 bits per heavy atom. The minimum absolute atomic E-state index is 0.0866. The number of likely N-dealkylation sites (N-methyl/N-ethyl adjacent to an activating group) is 1. The van der Waals surface area contributed by atoms with Crippen LogP contribution in [-0.4, -0.2) is 32.1 Å². The van der Waals surface area contributed by atoms with E-state index in [0.29, 0.717) is 22.6 Å². The molecule has 0 N–H and O–H groups in total. The monoisotopic (exact) mass is 349 g/mol. The Hall–Kier alpha value is -2.59. The summed E-state index contributed by atoms with van der Waals surface area (Å²) in [7, 11) is 3.66. The van der Waals surface area contributed by atoms with Gasteiger partial charge in [0.2, 0.25) is 11.2 Å². The molecule has 0 amide bonds. The lowest BCUT2D eigenvalue weighted by molar-refractivity contribution is 0.251. The van der Waals surface area contributed by atoms with Gasteiger partial charge in [-0.3, -0.25) is 4.79 Å². The van der Waals surface area contributed by atoms with Crippen molar-refractivity contribution >= 4 is 11.0 Å². The third-order valence-corrected chi connectivity index (χ3v) is 5.21. The van der Waals surface area contributed by atoms with Gasteiger partial charge in [0.05, 0.1) is 12.5 Å². The summed E-state index contributed by atoms with van der Waals surface area (Å²) >= 11 is 0. The van der Waals surface area contributed by atoms with Crippen LogP contribution in [0.2, 0.25) is 0 Å². The van der Waals surface area contributed by atoms with E-state index in [2.05, 4.69) is 18.0 Å². The molecule has 1 aliphatic heterocycles. The van der Waals surface area contributed by atoms with E-state index in [1.807, 2.05) is 42.5 Å². The molecule has 26 heavy (non-hydrogen) atoms. The van der Waals surface area contributed by atoms with Crippen molar-refractivity contribution in [1.29, 1.82) is 0 Å². The molecule has 0 spiro atoms. The molecule has 0 saturated carbocycles. The highest BCUT2D eigenvalue weighted by atomic mass is 16.5. The molecule has 0 aliphatic carbocycles. The molecule has 1 atom stereocenters. The summed E-state index contributed by atoms with van der Waals surface area (Å²) in [6.45, 7) is 2.07. The first kappa shape index (κ1) is 16.9. The number of nitrogens with zero attached hydrogens (tertiary/aromatic N) is 1. The lowest BCUT2D eigenvalue weighted by Gasteiger charge is -2.30. The summed E-state index contributed by atoms with van der Waals surface area (Å²) in [6, 6.07) is 15.5. The van der Waals surface area contributed by atoms with Crippen molar-refractivity contribution in [3.8, 4) is 17.1 Å². The Kier molecular flexibility index (Phi) is 4.51. The lowest BCUT2D eigenvalue weighted by Crippen LogP contribution is -2.31. The van der Waals surface area contributed by atoms with E-state index in [-0.39, 0.29) is 11.2 Å². The molecule has 2 heterocycles. The van der Waals surface area contributed by atoms with Crippen LogP contribution in [0.3, 0.4) is 0 Å². The van der Waals surface area contributed by atoms with Crippen LogP contribution in [0.15, 0.2) is 57.7 Å². The van der Waals surface area contributed by atoms with E-state index in [1.54, 1.807) is 0 Å². The maximum Gasteiger partial charge on any atom is 0.235 e. The maximum atomic E-state index is 13.3. The topological polar surface area (TPSA) is 42.7 Å². The van der Waals surface area contributed by atoms with Crippen LogP contribution < -0.4 is 10.2 Å². The number of methoxy groups -OCH3 is 1. The fourth-order valence-corrected chi connectivity index (χ4v) is 3.97. The maximum absolute atomic E-state index is 13.3. The molecule has 0 bridgehead atoms. The molecule has 1 saturated heterocycles. The lowest BCUT2D eigenvalue weighted by atomic mass is 9.88. The Bertz CT molecular complexity index is 978. The van der Waals surface area contributed by atoms with Gasteiger partial charge in [0.1, 0.15) is 5.58 Å². The average molecular weight is 349 g/mol. The van der Waals surface area contributed by atoms with E-state index in [9.17, 15) is 4.79 Å². The first-order valence-electron chi connectivity index (χ1n) is 9.06. The number of hydrogen-bond donors (Lipinski definition) is 0. The number of hydrogen-bond acceptors (Lipinski definition) is 4. The molecule has 1 aliphatic rings. The van der Waals surface area contributed by atoms with Gasteiger partial charge in [-0.2, -0.15) is 0 Å². The number of likely N-dealkylation sites (tertiary alicyclic amines) is 1. The summed E-state index contributed by atoms with van der Waals surface area (Å²) in [4.78, 5) is 15.6. The number of piperidine rings is 1. The summed E-state index contributed by atoms with van der Waals surface area (Å²) < 4.78 is 11.7. The first-order valence-corrected chi connectivity index (χ1v) is 9.06. The Morgan fingerprint density at radius 1 is 1.12 bits per heavy atom. The van der Waals surface area contributed by atoms with Crippen molar-refractivity contribution in [3.05, 3.63) is 64.3 Å². The molecule has 3 aromatic rings. The van der Waals surface area contributed by atoms with Crippen LogP contribution >= 0.6 is 0 Å². The van der Waals surface area contributed by atoms with Crippen molar-refractivity contribution in [2.75, 3.05) is 27.2 Å². The second-order valence-electron chi connectivity index (χ2n) is 6.98. The number of rotatable bonds is 3. The standard InChI is InChI=1S/C22H23NO3/c1-23-13-7-10-16(14-23)17-11-6-12-18-19(17)20(24)22(25-2)21(26-18)15-8-4-3-5-9-15/h3-6,8-9,11-12,16H,7,10,13-14H2,1-2H3. The second-order valence-corrected chi connectivity index (χ2v) is 6.98. The van der Waals surface area contributed by atoms with Crippen LogP contribution in [0.5, 0.6) is 5.75 Å². The van der Waals surface area contributed by atoms with Gasteiger partial charge >= 0.3 is 0 Å². The highest BCUT2D eigenvalue weighted by molar-refractivity contribution is 5.85. The van der Waals surface area contributed by atoms with Crippen LogP contribution in [0.1, 0.15) is 24.3 Å². The highest BCUT2D eigenvalue weighted by Gasteiger charge is 2.25. The Morgan fingerprint density at radius 3 is 2.65 bits per heavy atom. The second kappa shape index (κ2) is 6.96. The van der Waals surface area contributed by atoms with Crippen molar-refractivity contribution in [2.24, 2.45) is 0 Å². The Balaban J connectivity index is 1.94. The molecular formula is C22H23NO3. The molecule has 4 nitrogen and oxygen atoms in total. The van der Waals surface area contributed by atoms with Gasteiger partial charge in [-0.25, -0.2) is 0 Å². The summed E-state index contributed by atoms with van der Waals surface area (Å²) in [5.41, 5.74) is 2.45. The predicted molar refractivity (Wildman–Crippen MR) is 104 cm³/mol. The summed E-state index contributed by atoms with van der Waals surface area (Å²) in [5.74, 6) is 1.11. The van der Waals surface area contributed by atoms with Gasteiger partial charge in [0.15, 0.2) is 5.76 Å². The van der Waals surface area contributed by atoms with Crippen molar-refractivity contribution < 1.29 is 9.15 Å². The SMILES string of the molecule is COc1c(-c2ccccc2)oc2cccc(C3CCCN(C)C3)c2c1=O.